The third-order valence-electron chi connectivity index (χ3n) is 3.68. The third-order valence-corrected chi connectivity index (χ3v) is 4.32. The molecule has 2 fully saturated rings. The summed E-state index contributed by atoms with van der Waals surface area (Å²) >= 11 is 3.48. The van der Waals surface area contributed by atoms with Crippen molar-refractivity contribution in [3.63, 3.8) is 0 Å². The lowest BCUT2D eigenvalue weighted by Gasteiger charge is -2.48. The number of nitriles is 1. The molecule has 17 heavy (non-hydrogen) atoms. The fourth-order valence-corrected chi connectivity index (χ4v) is 3.13. The Balaban J connectivity index is 1.76. The highest BCUT2D eigenvalue weighted by Crippen LogP contribution is 2.46. The van der Waals surface area contributed by atoms with Crippen molar-refractivity contribution in [1.82, 2.24) is 0 Å². The average molecular weight is 293 g/mol. The summed E-state index contributed by atoms with van der Waals surface area (Å²) < 4.78 is 0.925. The van der Waals surface area contributed by atoms with Gasteiger partial charge in [-0.2, -0.15) is 5.26 Å². The molecule has 1 aromatic rings. The van der Waals surface area contributed by atoms with Crippen LogP contribution in [0.3, 0.4) is 0 Å². The number of rotatable bonds is 2. The summed E-state index contributed by atoms with van der Waals surface area (Å²) in [6.07, 6.45) is 2.33. The molecule has 1 saturated carbocycles. The molecule has 1 aliphatic carbocycles. The third kappa shape index (κ3) is 1.84. The Morgan fingerprint density at radius 1 is 1.41 bits per heavy atom. The predicted octanol–water partition coefficient (Wildman–Crippen LogP) is 2.28. The van der Waals surface area contributed by atoms with E-state index in [0.29, 0.717) is 24.6 Å². The number of hydrogen-bond donors (Lipinski definition) is 1. The molecule has 88 valence electrons. The Hall–Kier alpha value is -1.05. The average Bonchev–Trinajstić information content (AvgIpc) is 3.09. The zero-order valence-electron chi connectivity index (χ0n) is 9.36. The number of β-amino-alcohol motifs (C(OH)–C–C–N with tert-alkyl or cyclic N) is 1. The summed E-state index contributed by atoms with van der Waals surface area (Å²) in [6, 6.07) is 7.69. The van der Waals surface area contributed by atoms with E-state index in [0.717, 1.165) is 10.2 Å². The fourth-order valence-electron chi connectivity index (χ4n) is 2.50. The summed E-state index contributed by atoms with van der Waals surface area (Å²) in [6.45, 7) is 1.42. The quantitative estimate of drug-likeness (QED) is 0.910. The first-order chi connectivity index (χ1) is 8.12. The van der Waals surface area contributed by atoms with Crippen LogP contribution >= 0.6 is 15.9 Å². The van der Waals surface area contributed by atoms with Crippen LogP contribution in [-0.2, 0) is 0 Å². The maximum absolute atomic E-state index is 10.3. The van der Waals surface area contributed by atoms with E-state index in [1.165, 1.54) is 12.8 Å². The molecule has 0 unspecified atom stereocenters. The van der Waals surface area contributed by atoms with Gasteiger partial charge >= 0.3 is 0 Å². The van der Waals surface area contributed by atoms with E-state index in [9.17, 15) is 5.11 Å². The molecule has 0 amide bonds. The van der Waals surface area contributed by atoms with Crippen molar-refractivity contribution < 1.29 is 5.11 Å². The van der Waals surface area contributed by atoms with Crippen LogP contribution in [0, 0.1) is 17.2 Å². The van der Waals surface area contributed by atoms with Gasteiger partial charge in [-0.25, -0.2) is 0 Å². The molecule has 0 atom stereocenters. The Labute approximate surface area is 109 Å². The number of anilines is 1. The Bertz CT molecular complexity index is 499. The van der Waals surface area contributed by atoms with Crippen molar-refractivity contribution >= 4 is 21.6 Å². The molecular formula is C13H13BrN2O. The topological polar surface area (TPSA) is 47.3 Å². The molecule has 0 radical (unpaired) electrons. The number of aliphatic hydroxyl groups is 1. The van der Waals surface area contributed by atoms with Crippen LogP contribution in [-0.4, -0.2) is 23.8 Å². The Kier molecular flexibility index (Phi) is 2.42. The van der Waals surface area contributed by atoms with Crippen LogP contribution < -0.4 is 4.90 Å². The molecule has 1 N–H and O–H groups in total. The maximum atomic E-state index is 10.3. The van der Waals surface area contributed by atoms with E-state index < -0.39 is 5.60 Å². The number of nitrogens with zero attached hydrogens (tertiary/aromatic N) is 2. The molecule has 1 saturated heterocycles. The first kappa shape index (κ1) is 11.1. The second-order valence-corrected chi connectivity index (χ2v) is 5.87. The number of benzene rings is 1. The summed E-state index contributed by atoms with van der Waals surface area (Å²) in [5.74, 6) is 0.510. The van der Waals surface area contributed by atoms with Gasteiger partial charge in [-0.15, -0.1) is 0 Å². The molecule has 0 spiro atoms. The number of hydrogen-bond acceptors (Lipinski definition) is 3. The molecule has 1 heterocycles. The van der Waals surface area contributed by atoms with Gasteiger partial charge in [0.2, 0.25) is 0 Å². The van der Waals surface area contributed by atoms with Crippen LogP contribution in [0.15, 0.2) is 22.7 Å². The normalized spacial score (nSPS) is 21.8. The molecule has 4 heteroatoms. The van der Waals surface area contributed by atoms with Gasteiger partial charge in [-0.3, -0.25) is 0 Å². The first-order valence-electron chi connectivity index (χ1n) is 5.79. The molecule has 1 aromatic carbocycles. The van der Waals surface area contributed by atoms with E-state index >= 15 is 0 Å². The largest absolute Gasteiger partial charge is 0.386 e. The predicted molar refractivity (Wildman–Crippen MR) is 68.7 cm³/mol. The SMILES string of the molecule is N#Cc1ccc(N2CC(O)(C3CC3)C2)c(Br)c1. The molecule has 3 nitrogen and oxygen atoms in total. The van der Waals surface area contributed by atoms with Gasteiger partial charge in [-0.1, -0.05) is 0 Å². The summed E-state index contributed by atoms with van der Waals surface area (Å²) in [4.78, 5) is 2.16. The number of halogens is 1. The van der Waals surface area contributed by atoms with Crippen LogP contribution in [0.25, 0.3) is 0 Å². The lowest BCUT2D eigenvalue weighted by Crippen LogP contribution is -2.63. The van der Waals surface area contributed by atoms with Crippen molar-refractivity contribution in [2.24, 2.45) is 5.92 Å². The summed E-state index contributed by atoms with van der Waals surface area (Å²) in [5.41, 5.74) is 1.25. The molecule has 0 aromatic heterocycles. The second-order valence-electron chi connectivity index (χ2n) is 5.01. The van der Waals surface area contributed by atoms with Crippen molar-refractivity contribution in [2.45, 2.75) is 18.4 Å². The van der Waals surface area contributed by atoms with E-state index in [2.05, 4.69) is 26.9 Å². The van der Waals surface area contributed by atoms with Crippen LogP contribution in [0.4, 0.5) is 5.69 Å². The minimum atomic E-state index is -0.465. The van der Waals surface area contributed by atoms with Gasteiger partial charge in [0.25, 0.3) is 0 Å². The lowest BCUT2D eigenvalue weighted by atomic mass is 9.88. The first-order valence-corrected chi connectivity index (χ1v) is 6.59. The van der Waals surface area contributed by atoms with Crippen LogP contribution in [0.1, 0.15) is 18.4 Å². The van der Waals surface area contributed by atoms with Gasteiger partial charge in [0.15, 0.2) is 0 Å². The maximum Gasteiger partial charge on any atom is 0.102 e. The molecular weight excluding hydrogens is 280 g/mol. The van der Waals surface area contributed by atoms with E-state index in [4.69, 9.17) is 5.26 Å². The van der Waals surface area contributed by atoms with E-state index in [-0.39, 0.29) is 0 Å². The Morgan fingerprint density at radius 2 is 2.12 bits per heavy atom. The summed E-state index contributed by atoms with van der Waals surface area (Å²) in [7, 11) is 0. The van der Waals surface area contributed by atoms with Crippen molar-refractivity contribution in [3.8, 4) is 6.07 Å². The van der Waals surface area contributed by atoms with Crippen molar-refractivity contribution in [1.29, 1.82) is 5.26 Å². The highest BCUT2D eigenvalue weighted by atomic mass is 79.9. The highest BCUT2D eigenvalue weighted by Gasteiger charge is 2.52. The monoisotopic (exact) mass is 292 g/mol. The zero-order chi connectivity index (χ0) is 12.0. The standard InChI is InChI=1S/C13H13BrN2O/c14-11-5-9(6-15)1-4-12(11)16-7-13(17,8-16)10-2-3-10/h1,4-5,10,17H,2-3,7-8H2. The molecule has 2 aliphatic rings. The van der Waals surface area contributed by atoms with Crippen LogP contribution in [0.2, 0.25) is 0 Å². The van der Waals surface area contributed by atoms with Crippen molar-refractivity contribution in [3.05, 3.63) is 28.2 Å². The van der Waals surface area contributed by atoms with E-state index in [1.807, 2.05) is 18.2 Å². The van der Waals surface area contributed by atoms with Crippen LogP contribution in [0.5, 0.6) is 0 Å². The van der Waals surface area contributed by atoms with E-state index in [1.54, 1.807) is 0 Å². The summed E-state index contributed by atoms with van der Waals surface area (Å²) in [5, 5.41) is 19.1. The van der Waals surface area contributed by atoms with Gasteiger partial charge in [0.05, 0.1) is 17.3 Å². The second kappa shape index (κ2) is 3.72. The minimum absolute atomic E-state index is 0.465. The molecule has 3 rings (SSSR count). The zero-order valence-corrected chi connectivity index (χ0v) is 10.9. The van der Waals surface area contributed by atoms with Gasteiger partial charge in [0.1, 0.15) is 5.60 Å². The van der Waals surface area contributed by atoms with Gasteiger partial charge in [0, 0.05) is 17.6 Å². The Morgan fingerprint density at radius 3 is 2.65 bits per heavy atom. The lowest BCUT2D eigenvalue weighted by molar-refractivity contribution is -0.00936. The smallest absolute Gasteiger partial charge is 0.102 e. The molecule has 0 bridgehead atoms. The minimum Gasteiger partial charge on any atom is -0.386 e. The molecule has 1 aliphatic heterocycles. The van der Waals surface area contributed by atoms with Gasteiger partial charge in [-0.05, 0) is 52.9 Å². The van der Waals surface area contributed by atoms with Crippen molar-refractivity contribution in [2.75, 3.05) is 18.0 Å². The van der Waals surface area contributed by atoms with Gasteiger partial charge < -0.3 is 10.0 Å². The fraction of sp³-hybridized carbons (Fsp3) is 0.462. The highest BCUT2D eigenvalue weighted by molar-refractivity contribution is 9.10.